The molecule has 4 aromatic rings. The maximum Gasteiger partial charge on any atom is 1.00 e. The maximum absolute atomic E-state index is 13.7. The van der Waals surface area contributed by atoms with Gasteiger partial charge >= 0.3 is 29.6 Å². The number of carbonyl (C=O) groups excluding carboxylic acids is 2. The van der Waals surface area contributed by atoms with E-state index in [1.165, 1.54) is 48.5 Å². The molecule has 0 radical (unpaired) electrons. The van der Waals surface area contributed by atoms with Gasteiger partial charge in [-0.1, -0.05) is 18.2 Å². The summed E-state index contributed by atoms with van der Waals surface area (Å²) in [6, 6.07) is 14.8. The van der Waals surface area contributed by atoms with Crippen LogP contribution in [0.3, 0.4) is 0 Å². The quantitative estimate of drug-likeness (QED) is 0.110. The number of aliphatic carboxylic acids is 1. The Morgan fingerprint density at radius 2 is 1.61 bits per heavy atom. The third kappa shape index (κ3) is 5.00. The summed E-state index contributed by atoms with van der Waals surface area (Å²) in [4.78, 5) is 36.5. The van der Waals surface area contributed by atoms with Gasteiger partial charge in [-0.2, -0.15) is 8.75 Å². The van der Waals surface area contributed by atoms with E-state index in [4.69, 9.17) is 9.47 Å². The summed E-state index contributed by atoms with van der Waals surface area (Å²) in [5.74, 6) is -1.25. The number of aromatic nitrogens is 2. The van der Waals surface area contributed by atoms with Crippen LogP contribution in [0.15, 0.2) is 66.2 Å². The molecule has 3 aromatic carbocycles. The molecule has 0 saturated carbocycles. The summed E-state index contributed by atoms with van der Waals surface area (Å²) in [5.41, 5.74) is 1.53. The molecule has 0 spiro atoms. The normalized spacial score (nSPS) is 12.6. The Morgan fingerprint density at radius 3 is 2.33 bits per heavy atom. The predicted octanol–water partition coefficient (Wildman–Crippen LogP) is -0.0387. The predicted molar refractivity (Wildman–Crippen MR) is 123 cm³/mol. The minimum Gasteiger partial charge on any atom is -0.545 e. The van der Waals surface area contributed by atoms with Crippen LogP contribution in [0.5, 0.6) is 11.5 Å². The zero-order valence-corrected chi connectivity index (χ0v) is 21.6. The number of nitrogens with zero attached hydrogens (tertiary/aromatic N) is 3. The van der Waals surface area contributed by atoms with Gasteiger partial charge in [0.05, 0.1) is 22.6 Å². The molecule has 0 unspecified atom stereocenters. The number of ketones is 1. The average Bonchev–Trinajstić information content (AvgIpc) is 3.51. The van der Waals surface area contributed by atoms with Crippen molar-refractivity contribution in [3.8, 4) is 11.5 Å². The Labute approximate surface area is 229 Å². The molecule has 0 fully saturated rings. The molecular formula is C24H14N3NaO7S. The average molecular weight is 511 g/mol. The Hall–Kier alpha value is -3.64. The summed E-state index contributed by atoms with van der Waals surface area (Å²) in [5, 5.41) is 23.4. The molecular weight excluding hydrogens is 497 g/mol. The Balaban J connectivity index is 0.00000304. The smallest absolute Gasteiger partial charge is 0.545 e. The van der Waals surface area contributed by atoms with Crippen molar-refractivity contribution < 1.29 is 58.6 Å². The number of carboxylic acid groups (broad SMARTS) is 1. The molecule has 0 N–H and O–H groups in total. The van der Waals surface area contributed by atoms with E-state index in [0.29, 0.717) is 28.1 Å². The summed E-state index contributed by atoms with van der Waals surface area (Å²) >= 11 is 0.984. The van der Waals surface area contributed by atoms with Gasteiger partial charge in [0, 0.05) is 35.3 Å². The molecule has 10 nitrogen and oxygen atoms in total. The van der Waals surface area contributed by atoms with Gasteiger partial charge in [0.1, 0.15) is 11.0 Å². The Kier molecular flexibility index (Phi) is 7.45. The van der Waals surface area contributed by atoms with Gasteiger partial charge in [-0.3, -0.25) is 14.9 Å². The number of benzene rings is 3. The number of nitro benzene ring substituents is 1. The molecule has 0 atom stereocenters. The Bertz CT molecular complexity index is 1530. The molecule has 5 rings (SSSR count). The fourth-order valence-electron chi connectivity index (χ4n) is 3.79. The summed E-state index contributed by atoms with van der Waals surface area (Å²) in [6.07, 6.45) is -0.109. The molecule has 0 saturated heterocycles. The van der Waals surface area contributed by atoms with Crippen LogP contribution in [0.2, 0.25) is 0 Å². The first-order valence-corrected chi connectivity index (χ1v) is 11.0. The van der Waals surface area contributed by atoms with Crippen molar-refractivity contribution in [2.45, 2.75) is 6.42 Å². The zero-order chi connectivity index (χ0) is 24.5. The number of carboxylic acids is 1. The van der Waals surface area contributed by atoms with E-state index < -0.39 is 16.7 Å². The number of carbonyl (C=O) groups is 2. The first kappa shape index (κ1) is 25.5. The standard InChI is InChI=1S/C24H15N3O7S.Na/c28-23(15-4-8-20-21(11-15)34-12-33-20)17(9-13-1-5-16(6-2-13)27(31)32)22(24(29)30)14-3-7-18-19(10-14)26-35-25-18;/h1-8,10-11H,9,12H2,(H,29,30);/q;+1/p-1. The maximum atomic E-state index is 13.7. The van der Waals surface area contributed by atoms with Crippen molar-refractivity contribution in [3.63, 3.8) is 0 Å². The molecule has 2 heterocycles. The van der Waals surface area contributed by atoms with Crippen molar-refractivity contribution in [2.75, 3.05) is 6.79 Å². The van der Waals surface area contributed by atoms with E-state index in [1.54, 1.807) is 12.1 Å². The van der Waals surface area contributed by atoms with E-state index >= 15 is 0 Å². The number of ether oxygens (including phenoxy) is 2. The molecule has 1 aromatic heterocycles. The molecule has 174 valence electrons. The number of nitro groups is 1. The van der Waals surface area contributed by atoms with E-state index in [-0.39, 0.29) is 70.7 Å². The van der Waals surface area contributed by atoms with Gasteiger partial charge in [-0.15, -0.1) is 0 Å². The van der Waals surface area contributed by atoms with Crippen LogP contribution in [-0.2, 0) is 11.2 Å². The van der Waals surface area contributed by atoms with Gasteiger partial charge in [0.25, 0.3) is 5.69 Å². The van der Waals surface area contributed by atoms with Crippen molar-refractivity contribution in [3.05, 3.63) is 93.0 Å². The number of Topliss-reactive ketones (excluding diaryl/α,β-unsaturated/α-hetero) is 1. The molecule has 1 aliphatic rings. The van der Waals surface area contributed by atoms with Crippen molar-refractivity contribution in [1.29, 1.82) is 0 Å². The largest absolute Gasteiger partial charge is 1.00 e. The fraction of sp³-hybridized carbons (Fsp3) is 0.0833. The van der Waals surface area contributed by atoms with Crippen LogP contribution in [-0.4, -0.2) is 32.2 Å². The minimum absolute atomic E-state index is 0. The van der Waals surface area contributed by atoms with Gasteiger partial charge in [0.2, 0.25) is 6.79 Å². The van der Waals surface area contributed by atoms with E-state index in [2.05, 4.69) is 8.75 Å². The second-order valence-electron chi connectivity index (χ2n) is 7.61. The fourth-order valence-corrected chi connectivity index (χ4v) is 4.30. The van der Waals surface area contributed by atoms with Gasteiger partial charge in [0.15, 0.2) is 17.3 Å². The monoisotopic (exact) mass is 511 g/mol. The van der Waals surface area contributed by atoms with Crippen LogP contribution >= 0.6 is 11.7 Å². The molecule has 36 heavy (non-hydrogen) atoms. The first-order valence-electron chi connectivity index (χ1n) is 10.3. The summed E-state index contributed by atoms with van der Waals surface area (Å²) < 4.78 is 18.9. The number of non-ortho nitro benzene ring substituents is 1. The van der Waals surface area contributed by atoms with Gasteiger partial charge < -0.3 is 19.4 Å². The van der Waals surface area contributed by atoms with E-state index in [0.717, 1.165) is 11.7 Å². The second kappa shape index (κ2) is 10.5. The van der Waals surface area contributed by atoms with Crippen molar-refractivity contribution in [1.82, 2.24) is 8.75 Å². The Morgan fingerprint density at radius 1 is 0.917 bits per heavy atom. The third-order valence-electron chi connectivity index (χ3n) is 5.49. The summed E-state index contributed by atoms with van der Waals surface area (Å²) in [6.45, 7) is 0.0183. The van der Waals surface area contributed by atoms with E-state index in [9.17, 15) is 24.8 Å². The number of fused-ring (bicyclic) bond motifs is 2. The SMILES string of the molecule is O=C([O-])C(=C(Cc1ccc([N+](=O)[O-])cc1)C(=O)c1ccc2c(c1)OCO2)c1ccc2nsnc2c1.[Na+]. The summed E-state index contributed by atoms with van der Waals surface area (Å²) in [7, 11) is 0. The van der Waals surface area contributed by atoms with Gasteiger partial charge in [-0.05, 0) is 41.5 Å². The second-order valence-corrected chi connectivity index (χ2v) is 8.13. The van der Waals surface area contributed by atoms with Crippen molar-refractivity contribution >= 4 is 45.8 Å². The van der Waals surface area contributed by atoms with Gasteiger partial charge in [-0.25, -0.2) is 0 Å². The van der Waals surface area contributed by atoms with Crippen molar-refractivity contribution in [2.24, 2.45) is 0 Å². The number of hydrogen-bond acceptors (Lipinski definition) is 10. The number of hydrogen-bond donors (Lipinski definition) is 0. The number of allylic oxidation sites excluding steroid dienone is 1. The molecule has 1 aliphatic heterocycles. The minimum atomic E-state index is -1.54. The van der Waals surface area contributed by atoms with Crippen LogP contribution < -0.4 is 44.1 Å². The molecule has 0 amide bonds. The third-order valence-corrected chi connectivity index (χ3v) is 6.04. The van der Waals surface area contributed by atoms with Crippen LogP contribution in [0.4, 0.5) is 5.69 Å². The molecule has 12 heteroatoms. The zero-order valence-electron chi connectivity index (χ0n) is 18.8. The van der Waals surface area contributed by atoms with E-state index in [1.807, 2.05) is 0 Å². The van der Waals surface area contributed by atoms with Crippen LogP contribution in [0.25, 0.3) is 16.6 Å². The van der Waals surface area contributed by atoms with Crippen LogP contribution in [0.1, 0.15) is 21.5 Å². The molecule has 0 aliphatic carbocycles. The first-order chi connectivity index (χ1) is 16.9. The topological polar surface area (TPSA) is 145 Å². The molecule has 0 bridgehead atoms. The van der Waals surface area contributed by atoms with Crippen LogP contribution in [0, 0.1) is 10.1 Å². The number of rotatable bonds is 7.